The molecule has 2 saturated heterocycles. The van der Waals surface area contributed by atoms with Gasteiger partial charge in [0.15, 0.2) is 0 Å². The lowest BCUT2D eigenvalue weighted by atomic mass is 9.84. The maximum absolute atomic E-state index is 13.6. The van der Waals surface area contributed by atoms with Gasteiger partial charge < -0.3 is 14.2 Å². The summed E-state index contributed by atoms with van der Waals surface area (Å²) in [5, 5.41) is 0. The number of carbonyl (C=O) groups is 1. The number of hydrogen-bond donors (Lipinski definition) is 0. The predicted molar refractivity (Wildman–Crippen MR) is 121 cm³/mol. The van der Waals surface area contributed by atoms with Crippen LogP contribution in [0.2, 0.25) is 0 Å². The van der Waals surface area contributed by atoms with Gasteiger partial charge in [-0.05, 0) is 67.7 Å². The lowest BCUT2D eigenvalue weighted by Gasteiger charge is -2.32. The van der Waals surface area contributed by atoms with Crippen molar-refractivity contribution in [2.24, 2.45) is 0 Å². The third kappa shape index (κ3) is 3.60. The normalized spacial score (nSPS) is 21.8. The number of methoxy groups -OCH3 is 1. The second-order valence-electron chi connectivity index (χ2n) is 8.54. The van der Waals surface area contributed by atoms with Crippen LogP contribution in [0, 0.1) is 12.7 Å². The fourth-order valence-corrected chi connectivity index (χ4v) is 5.02. The Hall–Kier alpha value is -3.41. The van der Waals surface area contributed by atoms with Crippen LogP contribution in [0.15, 0.2) is 60.6 Å². The van der Waals surface area contributed by atoms with E-state index < -0.39 is 0 Å². The van der Waals surface area contributed by atoms with Crippen LogP contribution in [-0.4, -0.2) is 40.1 Å². The van der Waals surface area contributed by atoms with Crippen LogP contribution in [0.4, 0.5) is 4.39 Å². The Morgan fingerprint density at radius 2 is 1.97 bits per heavy atom. The van der Waals surface area contributed by atoms with E-state index in [0.717, 1.165) is 53.9 Å². The van der Waals surface area contributed by atoms with Gasteiger partial charge in [0, 0.05) is 30.3 Å². The van der Waals surface area contributed by atoms with E-state index in [0.29, 0.717) is 5.75 Å². The summed E-state index contributed by atoms with van der Waals surface area (Å²) < 4.78 is 21.1. The molecule has 3 heterocycles. The molecule has 2 atom stereocenters. The number of imidazole rings is 1. The number of aryl methyl sites for hydroxylation is 1. The molecule has 0 radical (unpaired) electrons. The molecule has 6 heteroatoms. The highest BCUT2D eigenvalue weighted by Gasteiger charge is 2.45. The van der Waals surface area contributed by atoms with Gasteiger partial charge >= 0.3 is 0 Å². The Balaban J connectivity index is 1.57. The molecular weight excluding hydrogens is 405 g/mol. The number of halogens is 1. The molecule has 0 aliphatic carbocycles. The lowest BCUT2D eigenvalue weighted by molar-refractivity contribution is -0.127. The maximum atomic E-state index is 13.6. The lowest BCUT2D eigenvalue weighted by Crippen LogP contribution is -2.38. The highest BCUT2D eigenvalue weighted by Crippen LogP contribution is 2.44. The van der Waals surface area contributed by atoms with Crippen molar-refractivity contribution in [1.29, 1.82) is 0 Å². The number of fused-ring (bicyclic) bond motifs is 1. The second kappa shape index (κ2) is 8.26. The number of rotatable bonds is 4. The van der Waals surface area contributed by atoms with Gasteiger partial charge in [-0.2, -0.15) is 0 Å². The van der Waals surface area contributed by atoms with E-state index in [-0.39, 0.29) is 23.7 Å². The average Bonchev–Trinajstić information content (AvgIpc) is 3.36. The molecule has 32 heavy (non-hydrogen) atoms. The van der Waals surface area contributed by atoms with Gasteiger partial charge in [-0.3, -0.25) is 4.79 Å². The molecule has 0 N–H and O–H groups in total. The van der Waals surface area contributed by atoms with Crippen molar-refractivity contribution in [2.45, 2.75) is 38.1 Å². The first-order valence-electron chi connectivity index (χ1n) is 11.0. The Labute approximate surface area is 187 Å². The van der Waals surface area contributed by atoms with Gasteiger partial charge in [0.05, 0.1) is 24.8 Å². The number of nitrogens with zero attached hydrogens (tertiary/aromatic N) is 3. The summed E-state index contributed by atoms with van der Waals surface area (Å²) in [6, 6.07) is 12.6. The molecule has 1 aromatic heterocycles. The van der Waals surface area contributed by atoms with Crippen LogP contribution in [0.1, 0.15) is 42.0 Å². The van der Waals surface area contributed by atoms with E-state index in [1.807, 2.05) is 59.0 Å². The van der Waals surface area contributed by atoms with Crippen molar-refractivity contribution in [3.05, 3.63) is 83.2 Å². The molecule has 0 spiro atoms. The first-order valence-corrected chi connectivity index (χ1v) is 11.0. The number of carbonyl (C=O) groups excluding carboxylic acids is 1. The van der Waals surface area contributed by atoms with Gasteiger partial charge in [0.1, 0.15) is 11.6 Å². The second-order valence-corrected chi connectivity index (χ2v) is 8.54. The quantitative estimate of drug-likeness (QED) is 0.553. The van der Waals surface area contributed by atoms with Crippen molar-refractivity contribution in [2.75, 3.05) is 13.7 Å². The zero-order valence-electron chi connectivity index (χ0n) is 18.3. The third-order valence-electron chi connectivity index (χ3n) is 6.52. The Morgan fingerprint density at radius 3 is 2.69 bits per heavy atom. The molecule has 5 nitrogen and oxygen atoms in total. The summed E-state index contributed by atoms with van der Waals surface area (Å²) in [6.45, 7) is 2.72. The smallest absolute Gasteiger partial charge is 0.250 e. The van der Waals surface area contributed by atoms with E-state index in [1.165, 1.54) is 12.1 Å². The Bertz CT molecular complexity index is 1180. The molecule has 164 valence electrons. The molecule has 0 saturated carbocycles. The van der Waals surface area contributed by atoms with Gasteiger partial charge in [-0.1, -0.05) is 18.2 Å². The fourth-order valence-electron chi connectivity index (χ4n) is 5.02. The minimum Gasteiger partial charge on any atom is -0.495 e. The monoisotopic (exact) mass is 431 g/mol. The van der Waals surface area contributed by atoms with Gasteiger partial charge in [-0.15, -0.1) is 0 Å². The van der Waals surface area contributed by atoms with Crippen LogP contribution in [0.25, 0.3) is 11.8 Å². The highest BCUT2D eigenvalue weighted by atomic mass is 19.1. The number of ether oxygens (including phenoxy) is 1. The largest absolute Gasteiger partial charge is 0.495 e. The predicted octanol–water partition coefficient (Wildman–Crippen LogP) is 4.89. The molecule has 2 aliphatic rings. The highest BCUT2D eigenvalue weighted by molar-refractivity contribution is 6.02. The van der Waals surface area contributed by atoms with Gasteiger partial charge in [0.25, 0.3) is 5.91 Å². The summed E-state index contributed by atoms with van der Waals surface area (Å²) in [5.74, 6) is 0.458. The van der Waals surface area contributed by atoms with E-state index in [9.17, 15) is 9.18 Å². The zero-order valence-corrected chi connectivity index (χ0v) is 18.3. The topological polar surface area (TPSA) is 47.4 Å². The first kappa shape index (κ1) is 20.5. The fraction of sp³-hybridized carbons (Fsp3) is 0.308. The minimum atomic E-state index is -0.265. The molecule has 3 aromatic rings. The molecule has 2 fully saturated rings. The Kier molecular flexibility index (Phi) is 5.29. The molecule has 0 bridgehead atoms. The summed E-state index contributed by atoms with van der Waals surface area (Å²) in [6.07, 6.45) is 8.77. The van der Waals surface area contributed by atoms with Crippen LogP contribution < -0.4 is 4.74 Å². The van der Waals surface area contributed by atoms with Crippen LogP contribution in [0.3, 0.4) is 0 Å². The number of aromatic nitrogens is 2. The first-order chi connectivity index (χ1) is 15.5. The van der Waals surface area contributed by atoms with Crippen molar-refractivity contribution < 1.29 is 13.9 Å². The summed E-state index contributed by atoms with van der Waals surface area (Å²) >= 11 is 0. The number of hydrogen-bond acceptors (Lipinski definition) is 3. The summed E-state index contributed by atoms with van der Waals surface area (Å²) in [7, 11) is 1.64. The molecule has 0 unspecified atom stereocenters. The van der Waals surface area contributed by atoms with E-state index in [4.69, 9.17) is 4.74 Å². The minimum absolute atomic E-state index is 0.0645. The number of benzene rings is 2. The molecular formula is C26H26FN3O2. The van der Waals surface area contributed by atoms with Gasteiger partial charge in [0.2, 0.25) is 0 Å². The van der Waals surface area contributed by atoms with Crippen LogP contribution >= 0.6 is 0 Å². The van der Waals surface area contributed by atoms with Gasteiger partial charge in [-0.25, -0.2) is 9.37 Å². The van der Waals surface area contributed by atoms with Crippen LogP contribution in [-0.2, 0) is 4.79 Å². The van der Waals surface area contributed by atoms with E-state index in [2.05, 4.69) is 4.98 Å². The number of piperidine rings is 1. The summed E-state index contributed by atoms with van der Waals surface area (Å²) in [5.41, 5.74) is 4.46. The molecule has 2 aliphatic heterocycles. The summed E-state index contributed by atoms with van der Waals surface area (Å²) in [4.78, 5) is 19.7. The number of amides is 1. The van der Waals surface area contributed by atoms with Crippen molar-refractivity contribution in [3.63, 3.8) is 0 Å². The van der Waals surface area contributed by atoms with E-state index >= 15 is 0 Å². The third-order valence-corrected chi connectivity index (χ3v) is 6.52. The van der Waals surface area contributed by atoms with Crippen LogP contribution in [0.5, 0.6) is 5.75 Å². The maximum Gasteiger partial charge on any atom is 0.250 e. The van der Waals surface area contributed by atoms with Crippen molar-refractivity contribution >= 4 is 12.0 Å². The average molecular weight is 432 g/mol. The van der Waals surface area contributed by atoms with Crippen molar-refractivity contribution in [1.82, 2.24) is 14.5 Å². The molecule has 2 aromatic carbocycles. The SMILES string of the molecule is COc1cc(/C=C2/C(=O)N3CCCC[C@H]3[C@H]2c2ccc(F)cc2)ccc1-n1cnc(C)c1. The Morgan fingerprint density at radius 1 is 1.16 bits per heavy atom. The standard InChI is InChI=1S/C26H26FN3O2/c1-17-15-29(16-28-17)22-11-6-18(14-24(22)32-2)13-21-25(19-7-9-20(27)10-8-19)23-5-3-4-12-30(23)26(21)31/h6-11,13-16,23,25H,3-5,12H2,1-2H3/b21-13+/t23-,25-/m0/s1. The molecule has 1 amide bonds. The van der Waals surface area contributed by atoms with Crippen molar-refractivity contribution in [3.8, 4) is 11.4 Å². The van der Waals surface area contributed by atoms with E-state index in [1.54, 1.807) is 13.4 Å². The molecule has 5 rings (SSSR count). The zero-order chi connectivity index (χ0) is 22.2.